The maximum absolute atomic E-state index is 15.4. The minimum atomic E-state index is -1.99. The molecule has 0 aromatic heterocycles. The highest BCUT2D eigenvalue weighted by atomic mass is 32.2. The van der Waals surface area contributed by atoms with E-state index in [2.05, 4.69) is 6.92 Å². The zero-order valence-corrected chi connectivity index (χ0v) is 45.7. The molecule has 79 heavy (non-hydrogen) atoms. The Hall–Kier alpha value is -6.64. The van der Waals surface area contributed by atoms with Gasteiger partial charge in [-0.15, -0.1) is 0 Å². The van der Waals surface area contributed by atoms with Crippen molar-refractivity contribution in [3.05, 3.63) is 167 Å². The molecule has 5 aromatic carbocycles. The lowest BCUT2D eigenvalue weighted by Crippen LogP contribution is -2.68. The third-order valence-electron chi connectivity index (χ3n) is 13.7. The van der Waals surface area contributed by atoms with Gasteiger partial charge in [0.25, 0.3) is 11.8 Å². The molecule has 1 unspecified atom stereocenters. The van der Waals surface area contributed by atoms with Gasteiger partial charge >= 0.3 is 17.9 Å². The van der Waals surface area contributed by atoms with Crippen LogP contribution >= 0.6 is 0 Å². The summed E-state index contributed by atoms with van der Waals surface area (Å²) in [5, 5.41) is 0. The van der Waals surface area contributed by atoms with Crippen molar-refractivity contribution in [1.29, 1.82) is 0 Å². The fourth-order valence-corrected chi connectivity index (χ4v) is 11.3. The summed E-state index contributed by atoms with van der Waals surface area (Å²) in [5.41, 5.74) is 1.34. The second-order valence-electron chi connectivity index (χ2n) is 19.6. The molecule has 18 heteroatoms. The lowest BCUT2D eigenvalue weighted by atomic mass is 9.94. The van der Waals surface area contributed by atoms with E-state index in [0.29, 0.717) is 17.3 Å². The number of benzene rings is 5. The molecule has 2 amide bonds. The van der Waals surface area contributed by atoms with E-state index in [4.69, 9.17) is 47.4 Å². The first-order valence-corrected chi connectivity index (χ1v) is 28.1. The number of carbonyl (C=O) groups excluding carboxylic acids is 5. The average molecular weight is 1100 g/mol. The first-order valence-electron chi connectivity index (χ1n) is 26.9. The Morgan fingerprint density at radius 1 is 0.519 bits per heavy atom. The molecule has 0 aliphatic carbocycles. The van der Waals surface area contributed by atoms with Crippen LogP contribution < -0.4 is 4.74 Å². The standard InChI is InChI=1S/C61H69NO16S/c1-5-6-7-8-9-21-34-69-46-30-32-47(33-31-46)79(68)61-57(73-37-45-26-17-12-18-27-45)56(72-36-44-24-15-11-16-25-44)53(71-35-43-22-13-10-14-23-43)50(78-61)39-74-60-52(62-58(66)48-28-19-20-29-49(48)59(62)67)55(76-42(4)65)54(75-41(3)64)51(77-60)38-70-40(2)63/h10-20,22-33,50-57,60-61H,5-9,21,34-39H2,1-4H3/t50-,51-,52-,53-,54-,55-,56+,57-,60-,61+,79?/m1/s1. The van der Waals surface area contributed by atoms with Gasteiger partial charge in [-0.05, 0) is 59.5 Å². The van der Waals surface area contributed by atoms with Crippen LogP contribution in [0.5, 0.6) is 5.75 Å². The van der Waals surface area contributed by atoms with Gasteiger partial charge < -0.3 is 47.4 Å². The van der Waals surface area contributed by atoms with E-state index in [9.17, 15) is 24.0 Å². The number of rotatable bonds is 27. The number of imide groups is 1. The monoisotopic (exact) mass is 1100 g/mol. The van der Waals surface area contributed by atoms with E-state index >= 15 is 4.21 Å². The van der Waals surface area contributed by atoms with Crippen LogP contribution in [0.15, 0.2) is 144 Å². The summed E-state index contributed by atoms with van der Waals surface area (Å²) in [6.45, 7) is 5.35. The van der Waals surface area contributed by atoms with E-state index in [-0.39, 0.29) is 30.9 Å². The van der Waals surface area contributed by atoms with Crippen molar-refractivity contribution in [3.8, 4) is 5.75 Å². The van der Waals surface area contributed by atoms with Crippen LogP contribution in [0.1, 0.15) is 104 Å². The van der Waals surface area contributed by atoms with Crippen LogP contribution in [-0.4, -0.2) is 119 Å². The Kier molecular flexibility index (Phi) is 21.5. The van der Waals surface area contributed by atoms with Gasteiger partial charge in [-0.25, -0.2) is 0 Å². The molecule has 8 rings (SSSR count). The topological polar surface area (TPSA) is 198 Å². The number of ether oxygens (including phenoxy) is 10. The molecule has 3 aliphatic heterocycles. The molecule has 0 bridgehead atoms. The highest BCUT2D eigenvalue weighted by Crippen LogP contribution is 2.38. The summed E-state index contributed by atoms with van der Waals surface area (Å²) in [7, 11) is -1.99. The molecule has 2 fully saturated rings. The van der Waals surface area contributed by atoms with Crippen molar-refractivity contribution in [2.75, 3.05) is 19.8 Å². The Bertz CT molecular complexity index is 2770. The third kappa shape index (κ3) is 15.6. The SMILES string of the molecule is CCCCCCCCOc1ccc(S(=O)[C@@H]2O[C@H](CO[C@@H]3O[C@H](COC(C)=O)[C@@H](OC(C)=O)[C@H](OC(C)=O)[C@H]3N3C(=O)c4ccccc4C3=O)[C@@H](OCc3ccccc3)[C@H](OCc3ccccc3)[C@H]2OCc2ccccc2)cc1. The third-order valence-corrected chi connectivity index (χ3v) is 15.2. The highest BCUT2D eigenvalue weighted by molar-refractivity contribution is 7.85. The largest absolute Gasteiger partial charge is 0.494 e. The van der Waals surface area contributed by atoms with Crippen molar-refractivity contribution >= 4 is 40.5 Å². The molecule has 0 N–H and O–H groups in total. The van der Waals surface area contributed by atoms with Gasteiger partial charge in [0.15, 0.2) is 23.9 Å². The Morgan fingerprint density at radius 3 is 1.56 bits per heavy atom. The summed E-state index contributed by atoms with van der Waals surface area (Å²) in [6, 6.07) is 40.0. The number of hydrogen-bond donors (Lipinski definition) is 0. The van der Waals surface area contributed by atoms with Crippen LogP contribution in [0.25, 0.3) is 0 Å². The number of fused-ring (bicyclic) bond motifs is 1. The lowest BCUT2D eigenvalue weighted by molar-refractivity contribution is -0.303. The average Bonchev–Trinajstić information content (AvgIpc) is 3.98. The van der Waals surface area contributed by atoms with Crippen molar-refractivity contribution in [2.45, 2.75) is 151 Å². The molecular weight excluding hydrogens is 1030 g/mol. The Balaban J connectivity index is 1.19. The molecule has 0 spiro atoms. The van der Waals surface area contributed by atoms with Gasteiger partial charge in [-0.1, -0.05) is 142 Å². The van der Waals surface area contributed by atoms with Crippen molar-refractivity contribution in [3.63, 3.8) is 0 Å². The van der Waals surface area contributed by atoms with E-state index in [1.165, 1.54) is 38.3 Å². The van der Waals surface area contributed by atoms with Gasteiger partial charge in [0, 0.05) is 25.7 Å². The molecule has 2 saturated heterocycles. The van der Waals surface area contributed by atoms with E-state index in [0.717, 1.165) is 54.7 Å². The van der Waals surface area contributed by atoms with Crippen LogP contribution in [0.4, 0.5) is 0 Å². The summed E-state index contributed by atoms with van der Waals surface area (Å²) in [4.78, 5) is 68.4. The number of esters is 3. The zero-order chi connectivity index (χ0) is 55.7. The van der Waals surface area contributed by atoms with Gasteiger partial charge in [0.05, 0.1) is 55.0 Å². The van der Waals surface area contributed by atoms with Gasteiger partial charge in [0.1, 0.15) is 48.9 Å². The quantitative estimate of drug-likeness (QED) is 0.0209. The fraction of sp³-hybridized carbons (Fsp3) is 0.426. The number of carbonyl (C=O) groups is 5. The van der Waals surface area contributed by atoms with Crippen LogP contribution in [0, 0.1) is 0 Å². The van der Waals surface area contributed by atoms with Crippen molar-refractivity contribution in [2.24, 2.45) is 0 Å². The van der Waals surface area contributed by atoms with Gasteiger partial charge in [-0.2, -0.15) is 0 Å². The molecule has 0 radical (unpaired) electrons. The van der Waals surface area contributed by atoms with Crippen LogP contribution in [0.3, 0.4) is 0 Å². The summed E-state index contributed by atoms with van der Waals surface area (Å²) >= 11 is 0. The predicted molar refractivity (Wildman–Crippen MR) is 289 cm³/mol. The number of hydrogen-bond acceptors (Lipinski definition) is 16. The molecule has 11 atom stereocenters. The minimum Gasteiger partial charge on any atom is -0.494 e. The second kappa shape index (κ2) is 29.0. The van der Waals surface area contributed by atoms with Gasteiger partial charge in [0.2, 0.25) is 0 Å². The maximum Gasteiger partial charge on any atom is 0.303 e. The van der Waals surface area contributed by atoms with E-state index in [1.807, 2.05) is 91.0 Å². The summed E-state index contributed by atoms with van der Waals surface area (Å²) in [5.74, 6) is -3.30. The first-order chi connectivity index (χ1) is 38.4. The summed E-state index contributed by atoms with van der Waals surface area (Å²) in [6.07, 6.45) is -3.87. The van der Waals surface area contributed by atoms with E-state index < -0.39 is 114 Å². The predicted octanol–water partition coefficient (Wildman–Crippen LogP) is 8.85. The minimum absolute atomic E-state index is 0.0522. The Labute approximate surface area is 463 Å². The number of amides is 2. The first kappa shape index (κ1) is 58.5. The number of nitrogens with zero attached hydrogens (tertiary/aromatic N) is 1. The van der Waals surface area contributed by atoms with Gasteiger partial charge in [-0.3, -0.25) is 33.1 Å². The second-order valence-corrected chi connectivity index (χ2v) is 21.1. The molecule has 420 valence electrons. The van der Waals surface area contributed by atoms with Crippen LogP contribution in [0.2, 0.25) is 0 Å². The molecule has 3 aliphatic rings. The normalized spacial score (nSPS) is 24.1. The molecule has 17 nitrogen and oxygen atoms in total. The van der Waals surface area contributed by atoms with Crippen LogP contribution in [-0.2, 0) is 87.6 Å². The van der Waals surface area contributed by atoms with E-state index in [1.54, 1.807) is 36.4 Å². The highest BCUT2D eigenvalue weighted by Gasteiger charge is 2.58. The smallest absolute Gasteiger partial charge is 0.303 e. The lowest BCUT2D eigenvalue weighted by Gasteiger charge is -2.48. The van der Waals surface area contributed by atoms with Crippen molar-refractivity contribution < 1.29 is 75.6 Å². The zero-order valence-electron chi connectivity index (χ0n) is 44.9. The molecule has 3 heterocycles. The Morgan fingerprint density at radius 2 is 1.01 bits per heavy atom. The molecule has 5 aromatic rings. The molecular formula is C61H69NO16S. The molecule has 0 saturated carbocycles. The fourth-order valence-electron chi connectivity index (χ4n) is 9.89. The number of unbranched alkanes of at least 4 members (excludes halogenated alkanes) is 5. The summed E-state index contributed by atoms with van der Waals surface area (Å²) < 4.78 is 79.6. The van der Waals surface area contributed by atoms with Crippen molar-refractivity contribution in [1.82, 2.24) is 4.90 Å². The maximum atomic E-state index is 15.4.